The Morgan fingerprint density at radius 3 is 2.44 bits per heavy atom. The van der Waals surface area contributed by atoms with Crippen molar-refractivity contribution in [1.29, 1.82) is 0 Å². The lowest BCUT2D eigenvalue weighted by Gasteiger charge is -2.18. The average Bonchev–Trinajstić information content (AvgIpc) is 2.67. The minimum atomic E-state index is 0.462. The lowest BCUT2D eigenvalue weighted by atomic mass is 10.1. The maximum atomic E-state index is 5.46. The van der Waals surface area contributed by atoms with Crippen molar-refractivity contribution in [2.24, 2.45) is 0 Å². The third-order valence-electron chi connectivity index (χ3n) is 3.17. The summed E-state index contributed by atoms with van der Waals surface area (Å²) in [6.45, 7) is 1.71. The molecule has 0 aliphatic carbocycles. The van der Waals surface area contributed by atoms with E-state index in [0.717, 1.165) is 49.7 Å². The molecule has 1 N–H and O–H groups in total. The highest BCUT2D eigenvalue weighted by Gasteiger charge is 2.13. The number of nitrogens with one attached hydrogen (secondary N) is 1. The van der Waals surface area contributed by atoms with Crippen LogP contribution in [0.4, 0.5) is 5.69 Å². The van der Waals surface area contributed by atoms with E-state index in [4.69, 9.17) is 14.2 Å². The fourth-order valence-electron chi connectivity index (χ4n) is 2.17. The summed E-state index contributed by atoms with van der Waals surface area (Å²) in [6.07, 6.45) is 3.29. The number of anilines is 1. The number of benzene rings is 1. The number of methoxy groups -OCH3 is 2. The molecule has 1 aliphatic rings. The van der Waals surface area contributed by atoms with Crippen molar-refractivity contribution in [3.05, 3.63) is 18.2 Å². The number of hydrogen-bond donors (Lipinski definition) is 1. The van der Waals surface area contributed by atoms with E-state index in [0.29, 0.717) is 6.04 Å². The summed E-state index contributed by atoms with van der Waals surface area (Å²) in [7, 11) is 3.33. The quantitative estimate of drug-likeness (QED) is 0.893. The van der Waals surface area contributed by atoms with Crippen molar-refractivity contribution in [2.45, 2.75) is 25.3 Å². The molecule has 0 saturated carbocycles. The first-order valence-electron chi connectivity index (χ1n) is 6.39. The molecular formula is C14H21NO3. The second-order valence-corrected chi connectivity index (χ2v) is 4.49. The standard InChI is InChI=1S/C14H21NO3/c1-16-13-8-12(9-14(10-13)17-2)15-11-4-3-6-18-7-5-11/h8-11,15H,3-7H2,1-2H3. The van der Waals surface area contributed by atoms with Gasteiger partial charge in [0.2, 0.25) is 0 Å². The van der Waals surface area contributed by atoms with Crippen LogP contribution in [0.2, 0.25) is 0 Å². The summed E-state index contributed by atoms with van der Waals surface area (Å²) < 4.78 is 16.0. The van der Waals surface area contributed by atoms with Crippen LogP contribution >= 0.6 is 0 Å². The molecule has 0 radical (unpaired) electrons. The zero-order chi connectivity index (χ0) is 12.8. The first-order chi connectivity index (χ1) is 8.81. The Morgan fingerprint density at radius 2 is 1.78 bits per heavy atom. The van der Waals surface area contributed by atoms with Gasteiger partial charge >= 0.3 is 0 Å². The Kier molecular flexibility index (Phi) is 4.70. The topological polar surface area (TPSA) is 39.7 Å². The Hall–Kier alpha value is -1.42. The molecule has 1 saturated heterocycles. The average molecular weight is 251 g/mol. The Labute approximate surface area is 108 Å². The van der Waals surface area contributed by atoms with E-state index >= 15 is 0 Å². The van der Waals surface area contributed by atoms with Crippen LogP contribution in [0, 0.1) is 0 Å². The lowest BCUT2D eigenvalue weighted by Crippen LogP contribution is -2.19. The molecule has 100 valence electrons. The molecule has 18 heavy (non-hydrogen) atoms. The predicted octanol–water partition coefficient (Wildman–Crippen LogP) is 2.68. The molecular weight excluding hydrogens is 230 g/mol. The highest BCUT2D eigenvalue weighted by atomic mass is 16.5. The molecule has 0 amide bonds. The molecule has 1 atom stereocenters. The Morgan fingerprint density at radius 1 is 1.06 bits per heavy atom. The maximum absolute atomic E-state index is 5.46. The highest BCUT2D eigenvalue weighted by molar-refractivity contribution is 5.54. The van der Waals surface area contributed by atoms with Crippen molar-refractivity contribution in [2.75, 3.05) is 32.8 Å². The van der Waals surface area contributed by atoms with Gasteiger partial charge in [0.25, 0.3) is 0 Å². The molecule has 1 unspecified atom stereocenters. The van der Waals surface area contributed by atoms with Crippen molar-refractivity contribution in [1.82, 2.24) is 0 Å². The van der Waals surface area contributed by atoms with Gasteiger partial charge in [-0.3, -0.25) is 0 Å². The molecule has 0 bridgehead atoms. The highest BCUT2D eigenvalue weighted by Crippen LogP contribution is 2.27. The first-order valence-corrected chi connectivity index (χ1v) is 6.39. The molecule has 0 spiro atoms. The van der Waals surface area contributed by atoms with Crippen molar-refractivity contribution in [3.63, 3.8) is 0 Å². The summed E-state index contributed by atoms with van der Waals surface area (Å²) >= 11 is 0. The molecule has 0 aromatic heterocycles. The van der Waals surface area contributed by atoms with Crippen LogP contribution in [0.3, 0.4) is 0 Å². The van der Waals surface area contributed by atoms with Crippen LogP contribution in [-0.2, 0) is 4.74 Å². The summed E-state index contributed by atoms with van der Waals surface area (Å²) in [5.74, 6) is 1.61. The maximum Gasteiger partial charge on any atom is 0.124 e. The van der Waals surface area contributed by atoms with Gasteiger partial charge in [0, 0.05) is 43.1 Å². The van der Waals surface area contributed by atoms with E-state index in [2.05, 4.69) is 5.32 Å². The number of rotatable bonds is 4. The van der Waals surface area contributed by atoms with Crippen LogP contribution in [0.15, 0.2) is 18.2 Å². The molecule has 1 aliphatic heterocycles. The molecule has 4 nitrogen and oxygen atoms in total. The zero-order valence-electron chi connectivity index (χ0n) is 11.1. The van der Waals surface area contributed by atoms with Crippen LogP contribution in [0.25, 0.3) is 0 Å². The van der Waals surface area contributed by atoms with E-state index in [1.54, 1.807) is 14.2 Å². The third-order valence-corrected chi connectivity index (χ3v) is 3.17. The van der Waals surface area contributed by atoms with Crippen LogP contribution in [0.5, 0.6) is 11.5 Å². The fraction of sp³-hybridized carbons (Fsp3) is 0.571. The van der Waals surface area contributed by atoms with E-state index in [9.17, 15) is 0 Å². The van der Waals surface area contributed by atoms with E-state index in [1.165, 1.54) is 0 Å². The van der Waals surface area contributed by atoms with E-state index in [-0.39, 0.29) is 0 Å². The van der Waals surface area contributed by atoms with Gasteiger partial charge in [0.05, 0.1) is 14.2 Å². The summed E-state index contributed by atoms with van der Waals surface area (Å²) in [6, 6.07) is 6.33. The molecule has 4 heteroatoms. The lowest BCUT2D eigenvalue weighted by molar-refractivity contribution is 0.144. The molecule has 2 rings (SSSR count). The normalized spacial score (nSPS) is 20.0. The summed E-state index contributed by atoms with van der Waals surface area (Å²) in [5.41, 5.74) is 1.04. The van der Waals surface area contributed by atoms with Crippen molar-refractivity contribution >= 4 is 5.69 Å². The van der Waals surface area contributed by atoms with E-state index in [1.807, 2.05) is 18.2 Å². The van der Waals surface area contributed by atoms with Crippen LogP contribution in [-0.4, -0.2) is 33.5 Å². The monoisotopic (exact) mass is 251 g/mol. The molecule has 1 aromatic rings. The zero-order valence-corrected chi connectivity index (χ0v) is 11.1. The van der Waals surface area contributed by atoms with Crippen molar-refractivity contribution in [3.8, 4) is 11.5 Å². The molecule has 1 heterocycles. The predicted molar refractivity (Wildman–Crippen MR) is 71.6 cm³/mol. The third kappa shape index (κ3) is 3.53. The fourth-order valence-corrected chi connectivity index (χ4v) is 2.17. The van der Waals surface area contributed by atoms with Gasteiger partial charge in [-0.2, -0.15) is 0 Å². The van der Waals surface area contributed by atoms with Crippen LogP contribution in [0.1, 0.15) is 19.3 Å². The van der Waals surface area contributed by atoms with Gasteiger partial charge in [-0.15, -0.1) is 0 Å². The second-order valence-electron chi connectivity index (χ2n) is 4.49. The second kappa shape index (κ2) is 6.50. The van der Waals surface area contributed by atoms with Gasteiger partial charge in [-0.25, -0.2) is 0 Å². The summed E-state index contributed by atoms with van der Waals surface area (Å²) in [5, 5.41) is 3.53. The van der Waals surface area contributed by atoms with Gasteiger partial charge in [-0.1, -0.05) is 0 Å². The van der Waals surface area contributed by atoms with Gasteiger partial charge in [-0.05, 0) is 19.3 Å². The van der Waals surface area contributed by atoms with E-state index < -0.39 is 0 Å². The van der Waals surface area contributed by atoms with Gasteiger partial charge < -0.3 is 19.5 Å². The van der Waals surface area contributed by atoms with Gasteiger partial charge in [0.1, 0.15) is 11.5 Å². The minimum absolute atomic E-state index is 0.462. The SMILES string of the molecule is COc1cc(NC2CCCOCC2)cc(OC)c1. The molecule has 1 aromatic carbocycles. The first kappa shape index (κ1) is 13.0. The number of ether oxygens (including phenoxy) is 3. The van der Waals surface area contributed by atoms with Gasteiger partial charge in [0.15, 0.2) is 0 Å². The Bertz CT molecular complexity index is 351. The molecule has 1 fully saturated rings. The van der Waals surface area contributed by atoms with Crippen LogP contribution < -0.4 is 14.8 Å². The Balaban J connectivity index is 2.06. The summed E-state index contributed by atoms with van der Waals surface area (Å²) in [4.78, 5) is 0. The largest absolute Gasteiger partial charge is 0.497 e. The minimum Gasteiger partial charge on any atom is -0.497 e. The smallest absolute Gasteiger partial charge is 0.124 e. The van der Waals surface area contributed by atoms with Crippen molar-refractivity contribution < 1.29 is 14.2 Å². The number of hydrogen-bond acceptors (Lipinski definition) is 4.